The highest BCUT2D eigenvalue weighted by Crippen LogP contribution is 2.15. The van der Waals surface area contributed by atoms with Crippen LogP contribution in [0, 0.1) is 0 Å². The minimum absolute atomic E-state index is 0.108. The van der Waals surface area contributed by atoms with Crippen molar-refractivity contribution < 1.29 is 29.4 Å². The van der Waals surface area contributed by atoms with Gasteiger partial charge in [0, 0.05) is 47.0 Å². The topological polar surface area (TPSA) is 135 Å². The van der Waals surface area contributed by atoms with Crippen LogP contribution in [-0.2, 0) is 0 Å². The number of carboxylic acids is 2. The first kappa shape index (κ1) is 18.6. The molecule has 0 saturated heterocycles. The van der Waals surface area contributed by atoms with E-state index in [9.17, 15) is 19.2 Å². The number of ketones is 2. The first-order valence-corrected chi connectivity index (χ1v) is 7.93. The largest absolute Gasteiger partial charge is 0.478 e. The first-order chi connectivity index (χ1) is 13.4. The van der Waals surface area contributed by atoms with Gasteiger partial charge in [0.05, 0.1) is 11.1 Å². The molecule has 0 amide bonds. The molecule has 2 N–H and O–H groups in total. The van der Waals surface area contributed by atoms with E-state index in [4.69, 9.17) is 10.2 Å². The van der Waals surface area contributed by atoms with Crippen molar-refractivity contribution in [1.29, 1.82) is 0 Å². The van der Waals surface area contributed by atoms with Gasteiger partial charge in [0.15, 0.2) is 11.6 Å². The third-order valence-electron chi connectivity index (χ3n) is 3.90. The molecule has 3 aromatic rings. The Hall–Kier alpha value is -4.20. The maximum absolute atomic E-state index is 12.5. The summed E-state index contributed by atoms with van der Waals surface area (Å²) in [5.74, 6) is -3.27. The first-order valence-electron chi connectivity index (χ1n) is 7.93. The van der Waals surface area contributed by atoms with Crippen LogP contribution in [0.3, 0.4) is 0 Å². The Bertz CT molecular complexity index is 1020. The number of benzene rings is 1. The van der Waals surface area contributed by atoms with Crippen LogP contribution in [0.5, 0.6) is 0 Å². The highest BCUT2D eigenvalue weighted by Gasteiger charge is 2.15. The molecule has 3 rings (SSSR count). The lowest BCUT2D eigenvalue weighted by Gasteiger charge is -2.05. The van der Waals surface area contributed by atoms with Gasteiger partial charge in [-0.2, -0.15) is 0 Å². The van der Waals surface area contributed by atoms with Gasteiger partial charge in [-0.05, 0) is 12.1 Å². The lowest BCUT2D eigenvalue weighted by molar-refractivity contribution is 0.0685. The molecule has 1 aromatic carbocycles. The molecule has 0 saturated carbocycles. The van der Waals surface area contributed by atoms with Crippen molar-refractivity contribution in [1.82, 2.24) is 9.97 Å². The molecule has 138 valence electrons. The van der Waals surface area contributed by atoms with Gasteiger partial charge in [-0.15, -0.1) is 0 Å². The maximum atomic E-state index is 12.5. The predicted molar refractivity (Wildman–Crippen MR) is 95.7 cm³/mol. The SMILES string of the molecule is O=C(O)c1cncc(C(=O)c2ccc(C(=O)c3cncc(C(=O)O)c3)cc2)c1. The van der Waals surface area contributed by atoms with E-state index in [1.54, 1.807) is 0 Å². The summed E-state index contributed by atoms with van der Waals surface area (Å²) in [7, 11) is 0. The maximum Gasteiger partial charge on any atom is 0.337 e. The van der Waals surface area contributed by atoms with E-state index < -0.39 is 23.5 Å². The van der Waals surface area contributed by atoms with Crippen molar-refractivity contribution in [3.05, 3.63) is 94.6 Å². The summed E-state index contributed by atoms with van der Waals surface area (Å²) < 4.78 is 0. The molecule has 0 aliphatic carbocycles. The van der Waals surface area contributed by atoms with E-state index in [2.05, 4.69) is 9.97 Å². The highest BCUT2D eigenvalue weighted by molar-refractivity contribution is 6.12. The molecule has 0 radical (unpaired) electrons. The van der Waals surface area contributed by atoms with Crippen molar-refractivity contribution >= 4 is 23.5 Å². The number of pyridine rings is 2. The van der Waals surface area contributed by atoms with Gasteiger partial charge in [0.25, 0.3) is 0 Å². The Balaban J connectivity index is 1.85. The number of carbonyl (C=O) groups is 4. The summed E-state index contributed by atoms with van der Waals surface area (Å²) in [5.41, 5.74) is 0.498. The minimum atomic E-state index is -1.19. The van der Waals surface area contributed by atoms with E-state index in [0.29, 0.717) is 0 Å². The molecule has 2 aromatic heterocycles. The molecular formula is C20H12N2O6. The summed E-state index contributed by atoms with van der Waals surface area (Å²) in [6.07, 6.45) is 4.80. The van der Waals surface area contributed by atoms with E-state index in [-0.39, 0.29) is 33.4 Å². The summed E-state index contributed by atoms with van der Waals surface area (Å²) in [6, 6.07) is 8.16. The van der Waals surface area contributed by atoms with Crippen molar-refractivity contribution in [3.63, 3.8) is 0 Å². The van der Waals surface area contributed by atoms with Gasteiger partial charge < -0.3 is 10.2 Å². The average molecular weight is 376 g/mol. The lowest BCUT2D eigenvalue weighted by Crippen LogP contribution is -2.07. The Kier molecular flexibility index (Phi) is 5.03. The van der Waals surface area contributed by atoms with Crippen molar-refractivity contribution in [2.24, 2.45) is 0 Å². The third-order valence-corrected chi connectivity index (χ3v) is 3.90. The summed E-state index contributed by atoms with van der Waals surface area (Å²) >= 11 is 0. The molecule has 0 spiro atoms. The van der Waals surface area contributed by atoms with E-state index in [1.165, 1.54) is 48.8 Å². The number of carboxylic acid groups (broad SMARTS) is 2. The number of hydrogen-bond acceptors (Lipinski definition) is 6. The molecule has 8 heteroatoms. The Morgan fingerprint density at radius 1 is 0.536 bits per heavy atom. The van der Waals surface area contributed by atoms with Crippen LogP contribution >= 0.6 is 0 Å². The van der Waals surface area contributed by atoms with Crippen LogP contribution < -0.4 is 0 Å². The van der Waals surface area contributed by atoms with Crippen molar-refractivity contribution in [2.45, 2.75) is 0 Å². The number of aromatic nitrogens is 2. The van der Waals surface area contributed by atoms with Gasteiger partial charge >= 0.3 is 11.9 Å². The fraction of sp³-hybridized carbons (Fsp3) is 0. The van der Waals surface area contributed by atoms with Crippen molar-refractivity contribution in [3.8, 4) is 0 Å². The molecule has 0 aliphatic heterocycles. The van der Waals surface area contributed by atoms with Crippen LogP contribution in [0.25, 0.3) is 0 Å². The summed E-state index contributed by atoms with van der Waals surface area (Å²) in [6.45, 7) is 0. The van der Waals surface area contributed by atoms with E-state index in [0.717, 1.165) is 12.4 Å². The molecule has 0 bridgehead atoms. The second-order valence-corrected chi connectivity index (χ2v) is 5.77. The fourth-order valence-electron chi connectivity index (χ4n) is 2.47. The number of carbonyl (C=O) groups excluding carboxylic acids is 2. The Morgan fingerprint density at radius 3 is 1.18 bits per heavy atom. The summed E-state index contributed by atoms with van der Waals surface area (Å²) in [4.78, 5) is 54.5. The number of rotatable bonds is 6. The van der Waals surface area contributed by atoms with Crippen LogP contribution in [0.2, 0.25) is 0 Å². The van der Waals surface area contributed by atoms with Crippen LogP contribution in [0.4, 0.5) is 0 Å². The van der Waals surface area contributed by atoms with Crippen LogP contribution in [-0.4, -0.2) is 43.7 Å². The normalized spacial score (nSPS) is 10.3. The third kappa shape index (κ3) is 3.80. The van der Waals surface area contributed by atoms with E-state index in [1.807, 2.05) is 0 Å². The monoisotopic (exact) mass is 376 g/mol. The fourth-order valence-corrected chi connectivity index (χ4v) is 2.47. The second-order valence-electron chi connectivity index (χ2n) is 5.77. The Morgan fingerprint density at radius 2 is 0.857 bits per heavy atom. The molecule has 0 atom stereocenters. The lowest BCUT2D eigenvalue weighted by atomic mass is 9.99. The number of nitrogens with zero attached hydrogens (tertiary/aromatic N) is 2. The zero-order valence-electron chi connectivity index (χ0n) is 14.2. The molecule has 0 fully saturated rings. The molecular weight excluding hydrogens is 364 g/mol. The van der Waals surface area contributed by atoms with Gasteiger partial charge in [-0.1, -0.05) is 24.3 Å². The second kappa shape index (κ2) is 7.58. The zero-order valence-corrected chi connectivity index (χ0v) is 14.2. The number of hydrogen-bond donors (Lipinski definition) is 2. The zero-order chi connectivity index (χ0) is 20.3. The molecule has 0 unspecified atom stereocenters. The molecule has 2 heterocycles. The van der Waals surface area contributed by atoms with E-state index >= 15 is 0 Å². The molecule has 8 nitrogen and oxygen atoms in total. The molecule has 0 aliphatic rings. The highest BCUT2D eigenvalue weighted by atomic mass is 16.4. The smallest absolute Gasteiger partial charge is 0.337 e. The average Bonchev–Trinajstić information content (AvgIpc) is 2.73. The predicted octanol–water partition coefficient (Wildman–Crippen LogP) is 2.33. The number of aromatic carboxylic acids is 2. The summed E-state index contributed by atoms with van der Waals surface area (Å²) in [5, 5.41) is 18.0. The van der Waals surface area contributed by atoms with Crippen LogP contribution in [0.15, 0.2) is 61.2 Å². The van der Waals surface area contributed by atoms with Crippen molar-refractivity contribution in [2.75, 3.05) is 0 Å². The quantitative estimate of drug-likeness (QED) is 0.626. The van der Waals surface area contributed by atoms with Gasteiger partial charge in [0.2, 0.25) is 0 Å². The minimum Gasteiger partial charge on any atom is -0.478 e. The van der Waals surface area contributed by atoms with Gasteiger partial charge in [-0.3, -0.25) is 19.6 Å². The van der Waals surface area contributed by atoms with Crippen LogP contribution in [0.1, 0.15) is 52.6 Å². The molecule has 28 heavy (non-hydrogen) atoms. The van der Waals surface area contributed by atoms with Gasteiger partial charge in [0.1, 0.15) is 0 Å². The van der Waals surface area contributed by atoms with Gasteiger partial charge in [-0.25, -0.2) is 9.59 Å². The standard InChI is InChI=1S/C20H12N2O6/c23-17(13-5-15(19(25)26)9-21-7-13)11-1-2-12(4-3-11)18(24)14-6-16(20(27)28)10-22-8-14/h1-10H,(H,25,26)(H,27,28). The Labute approximate surface area is 158 Å².